The van der Waals surface area contributed by atoms with Crippen molar-refractivity contribution in [2.24, 2.45) is 5.73 Å². The number of anilines is 1. The van der Waals surface area contributed by atoms with Crippen LogP contribution in [0.3, 0.4) is 0 Å². The molecule has 146 valence electrons. The Kier molecular flexibility index (Phi) is 5.15. The Morgan fingerprint density at radius 3 is 2.63 bits per heavy atom. The van der Waals surface area contributed by atoms with Gasteiger partial charge in [-0.15, -0.1) is 0 Å². The third kappa shape index (κ3) is 4.24. The molecule has 0 bridgehead atoms. The lowest BCUT2D eigenvalue weighted by molar-refractivity contribution is 0.200. The summed E-state index contributed by atoms with van der Waals surface area (Å²) in [6.45, 7) is 4.92. The minimum absolute atomic E-state index is 0.0720. The maximum atomic E-state index is 8.47. The maximum Gasteiger partial charge on any atom is 0.120 e. The Hall–Kier alpha value is -2.54. The van der Waals surface area contributed by atoms with Gasteiger partial charge in [0.2, 0.25) is 0 Å². The van der Waals surface area contributed by atoms with Crippen molar-refractivity contribution in [3.05, 3.63) is 35.7 Å². The summed E-state index contributed by atoms with van der Waals surface area (Å²) in [5.41, 5.74) is 13.2. The summed E-state index contributed by atoms with van der Waals surface area (Å²) in [4.78, 5) is 2.14. The second kappa shape index (κ2) is 7.23. The molecule has 1 aliphatic carbocycles. The normalized spacial score (nSPS) is 23.9. The Balaban J connectivity index is 1.80. The second-order valence-electron chi connectivity index (χ2n) is 7.87. The van der Waals surface area contributed by atoms with E-state index in [0.717, 1.165) is 31.6 Å². The number of nitrogens with zero attached hydrogens (tertiary/aromatic N) is 1. The molecule has 2 fully saturated rings. The second-order valence-corrected chi connectivity index (χ2v) is 7.87. The molecule has 7 heteroatoms. The number of benzene rings is 1. The smallest absolute Gasteiger partial charge is 0.120 e. The van der Waals surface area contributed by atoms with Gasteiger partial charge in [-0.1, -0.05) is 0 Å². The summed E-state index contributed by atoms with van der Waals surface area (Å²) in [7, 11) is 1.82. The molecule has 1 heterocycles. The maximum absolute atomic E-state index is 8.47. The van der Waals surface area contributed by atoms with Crippen LogP contribution in [0.5, 0.6) is 5.75 Å². The molecule has 7 nitrogen and oxygen atoms in total. The first-order valence-corrected chi connectivity index (χ1v) is 9.40. The first kappa shape index (κ1) is 19.2. The van der Waals surface area contributed by atoms with Crippen molar-refractivity contribution in [1.82, 2.24) is 10.2 Å². The summed E-state index contributed by atoms with van der Waals surface area (Å²) >= 11 is 0. The SMILES string of the molecule is CN/C(=C\C(=N)C(=N)c1cc(OC2(C)CC2)ccc1N)N1CC(N)CC1C. The number of nitrogens with two attached hydrogens (primary N) is 2. The van der Waals surface area contributed by atoms with Gasteiger partial charge in [0.1, 0.15) is 17.2 Å². The fourth-order valence-electron chi connectivity index (χ4n) is 3.44. The molecule has 0 aromatic heterocycles. The predicted octanol–water partition coefficient (Wildman–Crippen LogP) is 2.07. The van der Waals surface area contributed by atoms with Gasteiger partial charge < -0.3 is 26.4 Å². The molecule has 2 atom stereocenters. The Morgan fingerprint density at radius 2 is 2.07 bits per heavy atom. The van der Waals surface area contributed by atoms with Crippen LogP contribution >= 0.6 is 0 Å². The standard InChI is InChI=1S/C20H30N6O/c1-12-8-13(21)11-26(12)18(25-3)10-17(23)19(24)15-9-14(4-5-16(15)22)27-20(2)6-7-20/h4-5,9-10,12-13,23-25H,6-8,11,21-22H2,1-3H3/b18-10+,23-17?,24-19?. The minimum Gasteiger partial charge on any atom is -0.488 e. The van der Waals surface area contributed by atoms with Crippen LogP contribution in [-0.4, -0.2) is 47.6 Å². The number of ether oxygens (including phenoxy) is 1. The highest BCUT2D eigenvalue weighted by Gasteiger charge is 2.40. The zero-order valence-electron chi connectivity index (χ0n) is 16.3. The molecule has 1 saturated heterocycles. The number of rotatable bonds is 7. The number of hydrogen-bond acceptors (Lipinski definition) is 7. The average molecular weight is 371 g/mol. The molecule has 2 unspecified atom stereocenters. The summed E-state index contributed by atoms with van der Waals surface area (Å²) in [6.07, 6.45) is 4.65. The van der Waals surface area contributed by atoms with E-state index < -0.39 is 0 Å². The zero-order chi connectivity index (χ0) is 19.8. The van der Waals surface area contributed by atoms with Crippen LogP contribution in [-0.2, 0) is 0 Å². The van der Waals surface area contributed by atoms with E-state index in [-0.39, 0.29) is 23.1 Å². The van der Waals surface area contributed by atoms with Gasteiger partial charge in [0, 0.05) is 43.0 Å². The van der Waals surface area contributed by atoms with Crippen molar-refractivity contribution in [3.63, 3.8) is 0 Å². The Morgan fingerprint density at radius 1 is 1.37 bits per heavy atom. The van der Waals surface area contributed by atoms with E-state index in [1.165, 1.54) is 0 Å². The van der Waals surface area contributed by atoms with E-state index in [1.807, 2.05) is 13.1 Å². The summed E-state index contributed by atoms with van der Waals surface area (Å²) in [6, 6.07) is 5.74. The molecule has 3 rings (SSSR count). The van der Waals surface area contributed by atoms with E-state index in [1.54, 1.807) is 18.2 Å². The third-order valence-electron chi connectivity index (χ3n) is 5.34. The molecule has 0 radical (unpaired) electrons. The minimum atomic E-state index is -0.104. The molecule has 1 saturated carbocycles. The van der Waals surface area contributed by atoms with E-state index in [0.29, 0.717) is 23.0 Å². The van der Waals surface area contributed by atoms with E-state index in [4.69, 9.17) is 27.0 Å². The Labute approximate surface area is 160 Å². The van der Waals surface area contributed by atoms with Gasteiger partial charge in [-0.2, -0.15) is 0 Å². The first-order chi connectivity index (χ1) is 12.7. The largest absolute Gasteiger partial charge is 0.488 e. The number of allylic oxidation sites excluding steroid dienone is 1. The molecule has 1 aromatic carbocycles. The van der Waals surface area contributed by atoms with Crippen LogP contribution in [0.25, 0.3) is 0 Å². The van der Waals surface area contributed by atoms with Crippen LogP contribution in [0.1, 0.15) is 38.7 Å². The van der Waals surface area contributed by atoms with Crippen molar-refractivity contribution >= 4 is 17.1 Å². The van der Waals surface area contributed by atoms with Crippen molar-refractivity contribution in [2.75, 3.05) is 19.3 Å². The van der Waals surface area contributed by atoms with Gasteiger partial charge in [0.05, 0.1) is 11.4 Å². The van der Waals surface area contributed by atoms with Crippen molar-refractivity contribution in [3.8, 4) is 5.75 Å². The average Bonchev–Trinajstić information content (AvgIpc) is 3.25. The lowest BCUT2D eigenvalue weighted by atomic mass is 10.0. The highest BCUT2D eigenvalue weighted by atomic mass is 16.5. The van der Waals surface area contributed by atoms with Gasteiger partial charge in [0.15, 0.2) is 0 Å². The van der Waals surface area contributed by atoms with Crippen LogP contribution in [0.15, 0.2) is 30.1 Å². The first-order valence-electron chi connectivity index (χ1n) is 9.40. The molecular weight excluding hydrogens is 340 g/mol. The predicted molar refractivity (Wildman–Crippen MR) is 110 cm³/mol. The van der Waals surface area contributed by atoms with Crippen LogP contribution in [0, 0.1) is 10.8 Å². The summed E-state index contributed by atoms with van der Waals surface area (Å²) in [5, 5.41) is 20.0. The van der Waals surface area contributed by atoms with E-state index in [2.05, 4.69) is 24.1 Å². The number of nitrogen functional groups attached to an aromatic ring is 1. The van der Waals surface area contributed by atoms with E-state index in [9.17, 15) is 0 Å². The zero-order valence-corrected chi connectivity index (χ0v) is 16.3. The molecular formula is C20H30N6O. The van der Waals surface area contributed by atoms with Gasteiger partial charge in [-0.25, -0.2) is 0 Å². The molecule has 0 amide bonds. The molecule has 2 aliphatic rings. The van der Waals surface area contributed by atoms with Gasteiger partial charge in [0.25, 0.3) is 0 Å². The van der Waals surface area contributed by atoms with Crippen LogP contribution in [0.2, 0.25) is 0 Å². The lowest BCUT2D eigenvalue weighted by Gasteiger charge is -2.26. The lowest BCUT2D eigenvalue weighted by Crippen LogP contribution is -2.35. The summed E-state index contributed by atoms with van der Waals surface area (Å²) < 4.78 is 5.98. The molecule has 1 aliphatic heterocycles. The van der Waals surface area contributed by atoms with Gasteiger partial charge in [-0.05, 0) is 51.3 Å². The van der Waals surface area contributed by atoms with E-state index >= 15 is 0 Å². The highest BCUT2D eigenvalue weighted by Crippen LogP contribution is 2.40. The van der Waals surface area contributed by atoms with Crippen molar-refractivity contribution < 1.29 is 4.74 Å². The Bertz CT molecular complexity index is 783. The summed E-state index contributed by atoms with van der Waals surface area (Å²) in [5.74, 6) is 1.48. The fourth-order valence-corrected chi connectivity index (χ4v) is 3.44. The van der Waals surface area contributed by atoms with Crippen molar-refractivity contribution in [1.29, 1.82) is 10.8 Å². The van der Waals surface area contributed by atoms with Crippen LogP contribution in [0.4, 0.5) is 5.69 Å². The number of nitrogens with one attached hydrogen (secondary N) is 3. The van der Waals surface area contributed by atoms with Crippen LogP contribution < -0.4 is 21.5 Å². The number of hydrogen-bond donors (Lipinski definition) is 5. The fraction of sp³-hybridized carbons (Fsp3) is 0.500. The highest BCUT2D eigenvalue weighted by molar-refractivity contribution is 6.50. The molecule has 7 N–H and O–H groups in total. The molecule has 1 aromatic rings. The molecule has 0 spiro atoms. The molecule has 27 heavy (non-hydrogen) atoms. The number of likely N-dealkylation sites (tertiary alicyclic amines) is 1. The third-order valence-corrected chi connectivity index (χ3v) is 5.34. The quantitative estimate of drug-likeness (QED) is 0.371. The van der Waals surface area contributed by atoms with Gasteiger partial charge in [-0.3, -0.25) is 10.8 Å². The topological polar surface area (TPSA) is 124 Å². The van der Waals surface area contributed by atoms with Crippen molar-refractivity contribution in [2.45, 2.75) is 50.8 Å². The van der Waals surface area contributed by atoms with Gasteiger partial charge >= 0.3 is 0 Å². The monoisotopic (exact) mass is 370 g/mol.